The molecule has 1 aliphatic rings. The second kappa shape index (κ2) is 7.38. The van der Waals surface area contributed by atoms with Crippen molar-refractivity contribution in [2.24, 2.45) is 11.8 Å². The van der Waals surface area contributed by atoms with Crippen LogP contribution in [0.5, 0.6) is 0 Å². The van der Waals surface area contributed by atoms with Crippen LogP contribution in [0.15, 0.2) is 0 Å². The first-order chi connectivity index (χ1) is 8.07. The van der Waals surface area contributed by atoms with E-state index >= 15 is 0 Å². The lowest BCUT2D eigenvalue weighted by atomic mass is 9.96. The molecule has 17 heavy (non-hydrogen) atoms. The van der Waals surface area contributed by atoms with Gasteiger partial charge in [0.25, 0.3) is 0 Å². The predicted octanol–water partition coefficient (Wildman–Crippen LogP) is 3.13. The fourth-order valence-electron chi connectivity index (χ4n) is 3.11. The van der Waals surface area contributed by atoms with E-state index in [-0.39, 0.29) is 0 Å². The van der Waals surface area contributed by atoms with Crippen LogP contribution in [0.25, 0.3) is 0 Å². The van der Waals surface area contributed by atoms with Gasteiger partial charge in [-0.3, -0.25) is 4.90 Å². The van der Waals surface area contributed by atoms with Gasteiger partial charge in [0.15, 0.2) is 0 Å². The van der Waals surface area contributed by atoms with Crippen molar-refractivity contribution in [3.05, 3.63) is 0 Å². The van der Waals surface area contributed by atoms with E-state index in [9.17, 15) is 0 Å². The molecule has 0 bridgehead atoms. The van der Waals surface area contributed by atoms with Crippen LogP contribution in [-0.2, 0) is 0 Å². The zero-order valence-electron chi connectivity index (χ0n) is 12.5. The van der Waals surface area contributed by atoms with E-state index in [1.54, 1.807) is 0 Å². The van der Waals surface area contributed by atoms with Crippen molar-refractivity contribution in [1.29, 1.82) is 0 Å². The van der Waals surface area contributed by atoms with E-state index in [2.05, 4.69) is 44.8 Å². The maximum atomic E-state index is 3.61. The summed E-state index contributed by atoms with van der Waals surface area (Å²) in [6.45, 7) is 15.4. The van der Waals surface area contributed by atoms with E-state index < -0.39 is 0 Å². The van der Waals surface area contributed by atoms with Crippen LogP contribution in [0, 0.1) is 11.8 Å². The number of nitrogens with zero attached hydrogens (tertiary/aromatic N) is 1. The molecule has 0 saturated carbocycles. The van der Waals surface area contributed by atoms with Crippen molar-refractivity contribution >= 4 is 0 Å². The first kappa shape index (κ1) is 15.0. The van der Waals surface area contributed by atoms with Gasteiger partial charge in [0.2, 0.25) is 0 Å². The van der Waals surface area contributed by atoms with Gasteiger partial charge in [0, 0.05) is 18.6 Å². The lowest BCUT2D eigenvalue weighted by Crippen LogP contribution is -2.49. The Labute approximate surface area is 108 Å². The molecule has 1 fully saturated rings. The van der Waals surface area contributed by atoms with Crippen molar-refractivity contribution in [3.63, 3.8) is 0 Å². The molecule has 1 rings (SSSR count). The Balaban J connectivity index is 2.56. The third-order valence-corrected chi connectivity index (χ3v) is 4.09. The lowest BCUT2D eigenvalue weighted by molar-refractivity contribution is 0.112. The summed E-state index contributed by atoms with van der Waals surface area (Å²) >= 11 is 0. The second-order valence-corrected chi connectivity index (χ2v) is 6.21. The van der Waals surface area contributed by atoms with E-state index in [4.69, 9.17) is 0 Å². The minimum atomic E-state index is 0.719. The summed E-state index contributed by atoms with van der Waals surface area (Å²) < 4.78 is 0. The van der Waals surface area contributed by atoms with Crippen molar-refractivity contribution in [2.75, 3.05) is 19.6 Å². The summed E-state index contributed by atoms with van der Waals surface area (Å²) in [5.41, 5.74) is 0. The van der Waals surface area contributed by atoms with Crippen LogP contribution >= 0.6 is 0 Å². The fraction of sp³-hybridized carbons (Fsp3) is 1.00. The van der Waals surface area contributed by atoms with Gasteiger partial charge in [-0.15, -0.1) is 0 Å². The summed E-state index contributed by atoms with van der Waals surface area (Å²) in [6.07, 6.45) is 4.02. The van der Waals surface area contributed by atoms with Crippen LogP contribution in [-0.4, -0.2) is 36.6 Å². The van der Waals surface area contributed by atoms with Gasteiger partial charge in [0.05, 0.1) is 0 Å². The molecule has 1 aliphatic heterocycles. The van der Waals surface area contributed by atoms with Gasteiger partial charge in [-0.25, -0.2) is 0 Å². The fourth-order valence-corrected chi connectivity index (χ4v) is 3.11. The molecule has 1 heterocycles. The molecule has 0 spiro atoms. The molecule has 0 aromatic heterocycles. The largest absolute Gasteiger partial charge is 0.315 e. The molecule has 2 unspecified atom stereocenters. The van der Waals surface area contributed by atoms with Crippen molar-refractivity contribution in [1.82, 2.24) is 10.2 Å². The quantitative estimate of drug-likeness (QED) is 0.688. The maximum Gasteiger partial charge on any atom is 0.0246 e. The van der Waals surface area contributed by atoms with Gasteiger partial charge < -0.3 is 5.32 Å². The van der Waals surface area contributed by atoms with Gasteiger partial charge in [-0.1, -0.05) is 34.6 Å². The van der Waals surface area contributed by atoms with Crippen LogP contribution in [0.1, 0.15) is 53.9 Å². The van der Waals surface area contributed by atoms with Crippen LogP contribution < -0.4 is 5.32 Å². The number of likely N-dealkylation sites (tertiary alicyclic amines) is 1. The zero-order chi connectivity index (χ0) is 12.8. The molecule has 2 nitrogen and oxygen atoms in total. The molecule has 102 valence electrons. The Morgan fingerprint density at radius 3 is 2.47 bits per heavy atom. The minimum absolute atomic E-state index is 0.719. The first-order valence-corrected chi connectivity index (χ1v) is 7.54. The molecule has 1 N–H and O–H groups in total. The standard InChI is InChI=1S/C15H32N2/c1-6-9-16-11-15(13(4)5)17-10-7-8-14(17)12(2)3/h12-16H,6-11H2,1-5H3. The molecule has 2 atom stereocenters. The van der Waals surface area contributed by atoms with Crippen molar-refractivity contribution in [3.8, 4) is 0 Å². The van der Waals surface area contributed by atoms with Crippen molar-refractivity contribution < 1.29 is 0 Å². The summed E-state index contributed by atoms with van der Waals surface area (Å²) in [6, 6.07) is 1.53. The molecular weight excluding hydrogens is 208 g/mol. The third kappa shape index (κ3) is 4.26. The summed E-state index contributed by atoms with van der Waals surface area (Å²) in [7, 11) is 0. The number of hydrogen-bond acceptors (Lipinski definition) is 2. The Kier molecular flexibility index (Phi) is 6.50. The molecule has 0 aliphatic carbocycles. The van der Waals surface area contributed by atoms with Crippen LogP contribution in [0.2, 0.25) is 0 Å². The van der Waals surface area contributed by atoms with Crippen molar-refractivity contribution in [2.45, 2.75) is 66.0 Å². The minimum Gasteiger partial charge on any atom is -0.315 e. The van der Waals surface area contributed by atoms with Gasteiger partial charge in [-0.05, 0) is 44.2 Å². The average Bonchev–Trinajstić information content (AvgIpc) is 2.72. The Bertz CT molecular complexity index is 201. The van der Waals surface area contributed by atoms with E-state index in [1.165, 1.54) is 25.8 Å². The highest BCUT2D eigenvalue weighted by Gasteiger charge is 2.33. The highest BCUT2D eigenvalue weighted by molar-refractivity contribution is 4.88. The monoisotopic (exact) mass is 240 g/mol. The summed E-state index contributed by atoms with van der Waals surface area (Å²) in [5, 5.41) is 3.61. The van der Waals surface area contributed by atoms with Gasteiger partial charge in [0.1, 0.15) is 0 Å². The highest BCUT2D eigenvalue weighted by atomic mass is 15.2. The maximum absolute atomic E-state index is 3.61. The normalized spacial score (nSPS) is 23.8. The van der Waals surface area contributed by atoms with Crippen LogP contribution in [0.4, 0.5) is 0 Å². The molecule has 2 heteroatoms. The summed E-state index contributed by atoms with van der Waals surface area (Å²) in [5.74, 6) is 1.55. The SMILES string of the molecule is CCCNCC(C(C)C)N1CCCC1C(C)C. The zero-order valence-corrected chi connectivity index (χ0v) is 12.5. The van der Waals surface area contributed by atoms with E-state index in [0.717, 1.165) is 37.0 Å². The molecule has 0 radical (unpaired) electrons. The van der Waals surface area contributed by atoms with Crippen LogP contribution in [0.3, 0.4) is 0 Å². The molecule has 1 saturated heterocycles. The highest BCUT2D eigenvalue weighted by Crippen LogP contribution is 2.28. The number of nitrogens with one attached hydrogen (secondary N) is 1. The number of hydrogen-bond donors (Lipinski definition) is 1. The molecule has 0 aromatic carbocycles. The lowest BCUT2D eigenvalue weighted by Gasteiger charge is -2.37. The number of rotatable bonds is 7. The predicted molar refractivity (Wildman–Crippen MR) is 76.4 cm³/mol. The topological polar surface area (TPSA) is 15.3 Å². The first-order valence-electron chi connectivity index (χ1n) is 7.54. The second-order valence-electron chi connectivity index (χ2n) is 6.21. The van der Waals surface area contributed by atoms with Gasteiger partial charge in [-0.2, -0.15) is 0 Å². The molecular formula is C15H32N2. The Hall–Kier alpha value is -0.0800. The van der Waals surface area contributed by atoms with Gasteiger partial charge >= 0.3 is 0 Å². The third-order valence-electron chi connectivity index (χ3n) is 4.09. The Morgan fingerprint density at radius 2 is 1.94 bits per heavy atom. The van der Waals surface area contributed by atoms with E-state index in [0.29, 0.717) is 0 Å². The average molecular weight is 240 g/mol. The summed E-state index contributed by atoms with van der Waals surface area (Å²) in [4.78, 5) is 2.78. The van der Waals surface area contributed by atoms with E-state index in [1.807, 2.05) is 0 Å². The molecule has 0 amide bonds. The Morgan fingerprint density at radius 1 is 1.24 bits per heavy atom. The smallest absolute Gasteiger partial charge is 0.0246 e. The molecule has 0 aromatic rings.